The highest BCUT2D eigenvalue weighted by molar-refractivity contribution is 8.04. The Labute approximate surface area is 41.1 Å². The molecule has 0 aromatic rings. The summed E-state index contributed by atoms with van der Waals surface area (Å²) in [5.74, 6) is 0. The Morgan fingerprint density at radius 2 is 1.83 bits per heavy atom. The van der Waals surface area contributed by atoms with Gasteiger partial charge in [0.2, 0.25) is 0 Å². The molecule has 0 radical (unpaired) electrons. The van der Waals surface area contributed by atoms with E-state index in [1.165, 1.54) is 0 Å². The van der Waals surface area contributed by atoms with Crippen molar-refractivity contribution in [3.05, 3.63) is 23.2 Å². The smallest absolute Gasteiger partial charge is 0.00715 e. The number of nitrogens with one attached hydrogen (secondary N) is 1. The van der Waals surface area contributed by atoms with Gasteiger partial charge in [-0.15, -0.1) is 11.8 Å². The topological polar surface area (TPSA) is 12.0 Å². The van der Waals surface area contributed by atoms with Crippen LogP contribution in [-0.4, -0.2) is 0 Å². The van der Waals surface area contributed by atoms with Crippen LogP contribution >= 0.6 is 11.8 Å². The molecule has 0 amide bonds. The zero-order valence-electron chi connectivity index (χ0n) is 3.22. The first-order valence-corrected chi connectivity index (χ1v) is 2.66. The Bertz CT molecular complexity index is 65.5. The summed E-state index contributed by atoms with van der Waals surface area (Å²) in [6.07, 6.45) is 3.79. The fraction of sp³-hybridized carbons (Fsp3) is 0. The number of rotatable bonds is 0. The van der Waals surface area contributed by atoms with Gasteiger partial charge in [0.1, 0.15) is 0 Å². The maximum Gasteiger partial charge on any atom is 0.00715 e. The molecule has 1 rings (SSSR count). The molecule has 0 aromatic carbocycles. The van der Waals surface area contributed by atoms with Gasteiger partial charge in [0.25, 0.3) is 0 Å². The van der Waals surface area contributed by atoms with Gasteiger partial charge in [-0.25, -0.2) is 0 Å². The average Bonchev–Trinajstić information content (AvgIpc) is 1.72. The fourth-order valence-corrected chi connectivity index (χ4v) is 0.663. The Kier molecular flexibility index (Phi) is 1.22. The summed E-state index contributed by atoms with van der Waals surface area (Å²) < 4.78 is 0. The SMILES string of the molecule is C1=CSC=CN1. The van der Waals surface area contributed by atoms with Crippen LogP contribution < -0.4 is 5.32 Å². The maximum absolute atomic E-state index is 2.90. The number of thioether (sulfide) groups is 1. The molecule has 6 heavy (non-hydrogen) atoms. The quantitative estimate of drug-likeness (QED) is 0.490. The summed E-state index contributed by atoms with van der Waals surface area (Å²) in [6.45, 7) is 0. The van der Waals surface area contributed by atoms with E-state index in [1.54, 1.807) is 11.8 Å². The van der Waals surface area contributed by atoms with Gasteiger partial charge in [0.05, 0.1) is 0 Å². The summed E-state index contributed by atoms with van der Waals surface area (Å²) in [7, 11) is 0. The maximum atomic E-state index is 2.90. The van der Waals surface area contributed by atoms with E-state index in [4.69, 9.17) is 0 Å². The predicted octanol–water partition coefficient (Wildman–Crippen LogP) is 1.27. The molecule has 32 valence electrons. The number of hydrogen-bond acceptors (Lipinski definition) is 2. The highest BCUT2D eigenvalue weighted by Crippen LogP contribution is 2.04. The molecule has 1 nitrogen and oxygen atoms in total. The van der Waals surface area contributed by atoms with Crippen LogP contribution in [0.1, 0.15) is 0 Å². The van der Waals surface area contributed by atoms with Gasteiger partial charge in [-0.1, -0.05) is 0 Å². The van der Waals surface area contributed by atoms with Crippen molar-refractivity contribution in [2.45, 2.75) is 0 Å². The first-order valence-electron chi connectivity index (χ1n) is 1.72. The number of hydrogen-bond donors (Lipinski definition) is 1. The van der Waals surface area contributed by atoms with Crippen molar-refractivity contribution in [2.75, 3.05) is 0 Å². The van der Waals surface area contributed by atoms with Crippen LogP contribution in [0.3, 0.4) is 0 Å². The molecule has 1 aliphatic rings. The normalized spacial score (nSPS) is 17.3. The highest BCUT2D eigenvalue weighted by atomic mass is 32.2. The molecule has 1 N–H and O–H groups in total. The van der Waals surface area contributed by atoms with Crippen molar-refractivity contribution in [3.63, 3.8) is 0 Å². The third-order valence-electron chi connectivity index (χ3n) is 0.486. The van der Waals surface area contributed by atoms with E-state index in [9.17, 15) is 0 Å². The van der Waals surface area contributed by atoms with Crippen molar-refractivity contribution in [3.8, 4) is 0 Å². The van der Waals surface area contributed by atoms with E-state index < -0.39 is 0 Å². The van der Waals surface area contributed by atoms with Crippen LogP contribution in [0.15, 0.2) is 23.2 Å². The second-order valence-electron chi connectivity index (χ2n) is 0.908. The molecule has 2 heteroatoms. The summed E-state index contributed by atoms with van der Waals surface area (Å²) in [6, 6.07) is 0. The van der Waals surface area contributed by atoms with E-state index in [0.29, 0.717) is 0 Å². The van der Waals surface area contributed by atoms with E-state index in [-0.39, 0.29) is 0 Å². The molecule has 0 spiro atoms. The molecule has 0 atom stereocenters. The minimum atomic E-state index is 1.67. The molecule has 1 aliphatic heterocycles. The van der Waals surface area contributed by atoms with Gasteiger partial charge in [-0.2, -0.15) is 0 Å². The summed E-state index contributed by atoms with van der Waals surface area (Å²) in [4.78, 5) is 0. The molecule has 0 aromatic heterocycles. The lowest BCUT2D eigenvalue weighted by Gasteiger charge is -1.91. The molecular formula is C4H5NS. The van der Waals surface area contributed by atoms with E-state index in [2.05, 4.69) is 5.32 Å². The lowest BCUT2D eigenvalue weighted by atomic mass is 10.9. The monoisotopic (exact) mass is 99.0 g/mol. The fourth-order valence-electron chi connectivity index (χ4n) is 0.258. The minimum absolute atomic E-state index is 1.67. The van der Waals surface area contributed by atoms with Crippen LogP contribution in [0.4, 0.5) is 0 Å². The standard InChI is InChI=1S/C4H5NS/c1-3-6-4-2-5-1/h1-5H. The lowest BCUT2D eigenvalue weighted by molar-refractivity contribution is 1.20. The van der Waals surface area contributed by atoms with Crippen LogP contribution in [0.2, 0.25) is 0 Å². The van der Waals surface area contributed by atoms with Gasteiger partial charge in [-0.05, 0) is 10.8 Å². The molecule has 0 saturated heterocycles. The first-order chi connectivity index (χ1) is 3.00. The molecule has 0 saturated carbocycles. The second-order valence-corrected chi connectivity index (χ2v) is 1.72. The van der Waals surface area contributed by atoms with Crippen molar-refractivity contribution in [1.29, 1.82) is 0 Å². The van der Waals surface area contributed by atoms with Crippen LogP contribution in [0, 0.1) is 0 Å². The predicted molar refractivity (Wildman–Crippen MR) is 29.0 cm³/mol. The van der Waals surface area contributed by atoms with Crippen molar-refractivity contribution >= 4 is 11.8 Å². The van der Waals surface area contributed by atoms with Gasteiger partial charge < -0.3 is 5.32 Å². The Morgan fingerprint density at radius 1 is 1.17 bits per heavy atom. The van der Waals surface area contributed by atoms with Crippen molar-refractivity contribution in [2.24, 2.45) is 0 Å². The van der Waals surface area contributed by atoms with Gasteiger partial charge in [-0.3, -0.25) is 0 Å². The zero-order chi connectivity index (χ0) is 4.24. The Balaban J connectivity index is 2.40. The lowest BCUT2D eigenvalue weighted by Crippen LogP contribution is -1.91. The van der Waals surface area contributed by atoms with Crippen molar-refractivity contribution < 1.29 is 0 Å². The van der Waals surface area contributed by atoms with Gasteiger partial charge >= 0.3 is 0 Å². The third kappa shape index (κ3) is 0.792. The van der Waals surface area contributed by atoms with E-state index in [1.807, 2.05) is 23.2 Å². The zero-order valence-corrected chi connectivity index (χ0v) is 4.03. The summed E-state index contributed by atoms with van der Waals surface area (Å²) in [5, 5.41) is 6.88. The third-order valence-corrected chi connectivity index (χ3v) is 1.07. The van der Waals surface area contributed by atoms with Gasteiger partial charge in [0.15, 0.2) is 0 Å². The molecule has 0 aliphatic carbocycles. The first kappa shape index (κ1) is 3.81. The molecule has 1 heterocycles. The summed E-state index contributed by atoms with van der Waals surface area (Å²) >= 11 is 1.67. The average molecular weight is 99.2 g/mol. The van der Waals surface area contributed by atoms with E-state index in [0.717, 1.165) is 0 Å². The Hall–Kier alpha value is -0.370. The van der Waals surface area contributed by atoms with Crippen molar-refractivity contribution in [1.82, 2.24) is 5.32 Å². The summed E-state index contributed by atoms with van der Waals surface area (Å²) in [5.41, 5.74) is 0. The molecule has 0 fully saturated rings. The largest absolute Gasteiger partial charge is 0.367 e. The van der Waals surface area contributed by atoms with Crippen LogP contribution in [0.5, 0.6) is 0 Å². The minimum Gasteiger partial charge on any atom is -0.367 e. The van der Waals surface area contributed by atoms with Crippen LogP contribution in [0.25, 0.3) is 0 Å². The molecule has 0 unspecified atom stereocenters. The second kappa shape index (κ2) is 1.92. The van der Waals surface area contributed by atoms with Gasteiger partial charge in [0, 0.05) is 12.4 Å². The van der Waals surface area contributed by atoms with Crippen LogP contribution in [-0.2, 0) is 0 Å². The van der Waals surface area contributed by atoms with E-state index >= 15 is 0 Å². The highest BCUT2D eigenvalue weighted by Gasteiger charge is 1.73. The molecule has 0 bridgehead atoms. The Morgan fingerprint density at radius 3 is 2.00 bits per heavy atom. The molecular weight excluding hydrogens is 94.1 g/mol.